The van der Waals surface area contributed by atoms with Crippen molar-refractivity contribution in [1.29, 1.82) is 0 Å². The molecule has 4 rings (SSSR count). The van der Waals surface area contributed by atoms with E-state index in [-0.39, 0.29) is 5.56 Å². The first-order valence-corrected chi connectivity index (χ1v) is 10.4. The van der Waals surface area contributed by atoms with Gasteiger partial charge in [0.2, 0.25) is 5.85 Å². The van der Waals surface area contributed by atoms with Gasteiger partial charge >= 0.3 is 12.1 Å². The summed E-state index contributed by atoms with van der Waals surface area (Å²) >= 11 is 0. The molecule has 0 aromatic heterocycles. The first kappa shape index (κ1) is 23.8. The summed E-state index contributed by atoms with van der Waals surface area (Å²) in [6.07, 6.45) is -5.67. The number of carbonyl (C=O) groups excluding carboxylic acids is 1. The first-order valence-electron chi connectivity index (χ1n) is 10.4. The molecule has 1 saturated heterocycles. The van der Waals surface area contributed by atoms with Crippen molar-refractivity contribution in [3.63, 3.8) is 0 Å². The van der Waals surface area contributed by atoms with Crippen molar-refractivity contribution in [1.82, 2.24) is 10.6 Å². The monoisotopic (exact) mass is 476 g/mol. The number of rotatable bonds is 5. The molecular formula is C25H21F5N2O2. The van der Waals surface area contributed by atoms with Gasteiger partial charge in [-0.2, -0.15) is 13.2 Å². The molecule has 4 nitrogen and oxygen atoms in total. The first-order chi connectivity index (χ1) is 16.0. The minimum absolute atomic E-state index is 0.123. The third-order valence-corrected chi connectivity index (χ3v) is 5.86. The fraction of sp³-hybridized carbons (Fsp3) is 0.240. The van der Waals surface area contributed by atoms with Crippen molar-refractivity contribution in [3.05, 3.63) is 107 Å². The maximum absolute atomic E-state index is 13.9. The standard InChI is InChI=1S/C25H21F5N2O2/c1-23(18-10-6-3-7-11-18)21(17-8-4-2-5-9-17)31-24(32-23,34-22(33)25(28,29)30)15-16-12-13-19(26)20(27)14-16/h2-14,21,31-32H,15H2,1H3. The summed E-state index contributed by atoms with van der Waals surface area (Å²) in [6.45, 7) is 1.77. The van der Waals surface area contributed by atoms with Crippen LogP contribution in [0.3, 0.4) is 0 Å². The Kier molecular flexibility index (Phi) is 6.18. The zero-order valence-corrected chi connectivity index (χ0v) is 18.0. The molecule has 0 spiro atoms. The van der Waals surface area contributed by atoms with Crippen LogP contribution in [0, 0.1) is 11.6 Å². The maximum Gasteiger partial charge on any atom is 0.491 e. The van der Waals surface area contributed by atoms with Crippen molar-refractivity contribution in [2.45, 2.75) is 37.0 Å². The van der Waals surface area contributed by atoms with E-state index in [0.717, 1.165) is 17.7 Å². The van der Waals surface area contributed by atoms with Gasteiger partial charge in [0.1, 0.15) is 0 Å². The molecule has 1 aliphatic heterocycles. The van der Waals surface area contributed by atoms with Crippen LogP contribution in [-0.4, -0.2) is 18.0 Å². The number of hydrogen-bond acceptors (Lipinski definition) is 4. The molecule has 9 heteroatoms. The van der Waals surface area contributed by atoms with Crippen molar-refractivity contribution in [2.75, 3.05) is 0 Å². The predicted molar refractivity (Wildman–Crippen MR) is 114 cm³/mol. The molecule has 0 saturated carbocycles. The molecular weight excluding hydrogens is 455 g/mol. The van der Waals surface area contributed by atoms with Gasteiger partial charge in [0.15, 0.2) is 11.6 Å². The van der Waals surface area contributed by atoms with Gasteiger partial charge in [-0.05, 0) is 35.7 Å². The second-order valence-corrected chi connectivity index (χ2v) is 8.32. The average Bonchev–Trinajstić information content (AvgIpc) is 3.10. The maximum atomic E-state index is 13.9. The number of ether oxygens (including phenoxy) is 1. The summed E-state index contributed by atoms with van der Waals surface area (Å²) < 4.78 is 72.0. The van der Waals surface area contributed by atoms with Crippen molar-refractivity contribution in [3.8, 4) is 0 Å². The number of benzene rings is 3. The molecule has 178 valence electrons. The molecule has 0 bridgehead atoms. The van der Waals surface area contributed by atoms with Gasteiger partial charge in [-0.25, -0.2) is 13.6 Å². The van der Waals surface area contributed by atoms with E-state index in [1.165, 1.54) is 6.07 Å². The number of esters is 1. The molecule has 2 N–H and O–H groups in total. The van der Waals surface area contributed by atoms with E-state index >= 15 is 0 Å². The molecule has 3 aromatic rings. The Bertz CT molecular complexity index is 1170. The number of nitrogens with one attached hydrogen (secondary N) is 2. The highest BCUT2D eigenvalue weighted by Gasteiger charge is 2.57. The predicted octanol–water partition coefficient (Wildman–Crippen LogP) is 5.12. The molecule has 1 heterocycles. The molecule has 3 aromatic carbocycles. The van der Waals surface area contributed by atoms with E-state index in [4.69, 9.17) is 4.74 Å². The zero-order chi connectivity index (χ0) is 24.6. The summed E-state index contributed by atoms with van der Waals surface area (Å²) in [5, 5.41) is 6.09. The van der Waals surface area contributed by atoms with Crippen LogP contribution in [0.5, 0.6) is 0 Å². The number of halogens is 5. The van der Waals surface area contributed by atoms with Crippen LogP contribution in [0.1, 0.15) is 29.7 Å². The minimum atomic E-state index is -5.27. The molecule has 0 amide bonds. The Labute approximate surface area is 192 Å². The SMILES string of the molecule is CC1(c2ccccc2)NC(Cc2ccc(F)c(F)c2)(OC(=O)C(F)(F)F)NC1c1ccccc1. The van der Waals surface area contributed by atoms with Crippen LogP contribution in [0.2, 0.25) is 0 Å². The Morgan fingerprint density at radius 2 is 1.56 bits per heavy atom. The molecule has 3 unspecified atom stereocenters. The highest BCUT2D eigenvalue weighted by molar-refractivity contribution is 5.76. The Hall–Kier alpha value is -3.30. The van der Waals surface area contributed by atoms with Crippen molar-refractivity contribution >= 4 is 5.97 Å². The Morgan fingerprint density at radius 1 is 0.941 bits per heavy atom. The zero-order valence-electron chi connectivity index (χ0n) is 18.0. The van der Waals surface area contributed by atoms with Crippen LogP contribution in [0.15, 0.2) is 78.9 Å². The van der Waals surface area contributed by atoms with E-state index in [1.807, 2.05) is 0 Å². The van der Waals surface area contributed by atoms with Gasteiger partial charge in [0.05, 0.1) is 11.6 Å². The summed E-state index contributed by atoms with van der Waals surface area (Å²) in [6, 6.07) is 20.2. The molecule has 1 fully saturated rings. The summed E-state index contributed by atoms with van der Waals surface area (Å²) in [4.78, 5) is 12.0. The van der Waals surface area contributed by atoms with Gasteiger partial charge in [0, 0.05) is 6.42 Å². The molecule has 1 aliphatic rings. The lowest BCUT2D eigenvalue weighted by Crippen LogP contribution is -2.58. The van der Waals surface area contributed by atoms with E-state index in [0.29, 0.717) is 5.56 Å². The van der Waals surface area contributed by atoms with Gasteiger partial charge in [-0.1, -0.05) is 66.7 Å². The van der Waals surface area contributed by atoms with Gasteiger partial charge < -0.3 is 4.74 Å². The lowest BCUT2D eigenvalue weighted by atomic mass is 9.82. The normalized spacial score (nSPS) is 24.7. The molecule has 0 radical (unpaired) electrons. The molecule has 3 atom stereocenters. The number of carbonyl (C=O) groups is 1. The lowest BCUT2D eigenvalue weighted by molar-refractivity contribution is -0.219. The van der Waals surface area contributed by atoms with Crippen molar-refractivity contribution < 1.29 is 31.5 Å². The Balaban J connectivity index is 1.83. The fourth-order valence-electron chi connectivity index (χ4n) is 4.33. The summed E-state index contributed by atoms with van der Waals surface area (Å²) in [5.41, 5.74) is 0.508. The van der Waals surface area contributed by atoms with Crippen LogP contribution < -0.4 is 10.6 Å². The smallest absolute Gasteiger partial charge is 0.423 e. The molecule has 0 aliphatic carbocycles. The van der Waals surface area contributed by atoms with Gasteiger partial charge in [-0.15, -0.1) is 0 Å². The van der Waals surface area contributed by atoms with Crippen LogP contribution in [-0.2, 0) is 21.5 Å². The lowest BCUT2D eigenvalue weighted by Gasteiger charge is -2.34. The third kappa shape index (κ3) is 4.67. The number of alkyl halides is 3. The minimum Gasteiger partial charge on any atom is -0.423 e. The molecule has 34 heavy (non-hydrogen) atoms. The van der Waals surface area contributed by atoms with Gasteiger partial charge in [-0.3, -0.25) is 10.6 Å². The number of hydrogen-bond donors (Lipinski definition) is 2. The Morgan fingerprint density at radius 3 is 2.15 bits per heavy atom. The fourth-order valence-corrected chi connectivity index (χ4v) is 4.33. The van der Waals surface area contributed by atoms with Crippen LogP contribution in [0.25, 0.3) is 0 Å². The largest absolute Gasteiger partial charge is 0.491 e. The highest BCUT2D eigenvalue weighted by atomic mass is 19.4. The van der Waals surface area contributed by atoms with Gasteiger partial charge in [0.25, 0.3) is 0 Å². The summed E-state index contributed by atoms with van der Waals surface area (Å²) in [5.74, 6) is -6.77. The average molecular weight is 476 g/mol. The van der Waals surface area contributed by atoms with E-state index in [9.17, 15) is 26.7 Å². The van der Waals surface area contributed by atoms with Crippen LogP contribution in [0.4, 0.5) is 22.0 Å². The van der Waals surface area contributed by atoms with E-state index < -0.39 is 47.6 Å². The van der Waals surface area contributed by atoms with E-state index in [1.54, 1.807) is 67.6 Å². The highest BCUT2D eigenvalue weighted by Crippen LogP contribution is 2.44. The quantitative estimate of drug-likeness (QED) is 0.397. The third-order valence-electron chi connectivity index (χ3n) is 5.86. The topological polar surface area (TPSA) is 50.4 Å². The van der Waals surface area contributed by atoms with E-state index in [2.05, 4.69) is 10.6 Å². The second-order valence-electron chi connectivity index (χ2n) is 8.32. The van der Waals surface area contributed by atoms with Crippen molar-refractivity contribution in [2.24, 2.45) is 0 Å². The second kappa shape index (κ2) is 8.81. The van der Waals surface area contributed by atoms with Crippen LogP contribution >= 0.6 is 0 Å². The summed E-state index contributed by atoms with van der Waals surface area (Å²) in [7, 11) is 0.